The van der Waals surface area contributed by atoms with Gasteiger partial charge in [0.1, 0.15) is 0 Å². The molecular formula is C18H21N3OS. The molecule has 0 N–H and O–H groups in total. The van der Waals surface area contributed by atoms with E-state index < -0.39 is 0 Å². The van der Waals surface area contributed by atoms with Crippen LogP contribution in [0.4, 0.5) is 5.69 Å². The lowest BCUT2D eigenvalue weighted by Crippen LogP contribution is -2.48. The van der Waals surface area contributed by atoms with Crippen molar-refractivity contribution in [1.82, 2.24) is 9.88 Å². The van der Waals surface area contributed by atoms with E-state index in [1.807, 2.05) is 47.6 Å². The van der Waals surface area contributed by atoms with Gasteiger partial charge in [0.2, 0.25) is 5.91 Å². The van der Waals surface area contributed by atoms with Gasteiger partial charge >= 0.3 is 0 Å². The predicted molar refractivity (Wildman–Crippen MR) is 94.8 cm³/mol. The summed E-state index contributed by atoms with van der Waals surface area (Å²) >= 11 is 1.75. The SMILES string of the molecule is O=C(CCSc1ccccc1)N1CCN(c2ccncc2)CC1. The van der Waals surface area contributed by atoms with E-state index in [-0.39, 0.29) is 5.91 Å². The Morgan fingerprint density at radius 3 is 2.39 bits per heavy atom. The molecule has 1 aliphatic rings. The van der Waals surface area contributed by atoms with Gasteiger partial charge in [0.05, 0.1) is 0 Å². The van der Waals surface area contributed by atoms with E-state index in [1.54, 1.807) is 11.8 Å². The Morgan fingerprint density at radius 1 is 1.00 bits per heavy atom. The first kappa shape index (κ1) is 15.9. The van der Waals surface area contributed by atoms with Gasteiger partial charge in [-0.3, -0.25) is 9.78 Å². The largest absolute Gasteiger partial charge is 0.368 e. The third kappa shape index (κ3) is 4.48. The second kappa shape index (κ2) is 8.02. The number of carbonyl (C=O) groups is 1. The summed E-state index contributed by atoms with van der Waals surface area (Å²) in [4.78, 5) is 21.9. The summed E-state index contributed by atoms with van der Waals surface area (Å²) in [5.74, 6) is 1.11. The van der Waals surface area contributed by atoms with E-state index in [9.17, 15) is 4.79 Å². The molecule has 0 radical (unpaired) electrons. The van der Waals surface area contributed by atoms with Crippen LogP contribution in [0.2, 0.25) is 0 Å². The molecule has 23 heavy (non-hydrogen) atoms. The molecule has 0 atom stereocenters. The lowest BCUT2D eigenvalue weighted by atomic mass is 10.2. The highest BCUT2D eigenvalue weighted by molar-refractivity contribution is 7.99. The second-order valence-corrected chi connectivity index (χ2v) is 6.65. The van der Waals surface area contributed by atoms with Crippen molar-refractivity contribution < 1.29 is 4.79 Å². The number of amides is 1. The summed E-state index contributed by atoms with van der Waals surface area (Å²) in [5.41, 5.74) is 1.19. The number of pyridine rings is 1. The van der Waals surface area contributed by atoms with Gasteiger partial charge in [0.15, 0.2) is 0 Å². The number of benzene rings is 1. The highest BCUT2D eigenvalue weighted by atomic mass is 32.2. The molecule has 0 bridgehead atoms. The topological polar surface area (TPSA) is 36.4 Å². The summed E-state index contributed by atoms with van der Waals surface area (Å²) < 4.78 is 0. The predicted octanol–water partition coefficient (Wildman–Crippen LogP) is 2.91. The first-order chi connectivity index (χ1) is 11.3. The van der Waals surface area contributed by atoms with E-state index in [1.165, 1.54) is 10.6 Å². The zero-order chi connectivity index (χ0) is 15.9. The minimum Gasteiger partial charge on any atom is -0.368 e. The number of carbonyl (C=O) groups excluding carboxylic acids is 1. The van der Waals surface area contributed by atoms with Gasteiger partial charge in [-0.15, -0.1) is 11.8 Å². The van der Waals surface area contributed by atoms with Crippen LogP contribution in [-0.4, -0.2) is 47.7 Å². The van der Waals surface area contributed by atoms with Crippen LogP contribution in [0.3, 0.4) is 0 Å². The molecule has 0 unspecified atom stereocenters. The highest BCUT2D eigenvalue weighted by Gasteiger charge is 2.20. The van der Waals surface area contributed by atoms with Crippen molar-refractivity contribution in [3.8, 4) is 0 Å². The van der Waals surface area contributed by atoms with Crippen molar-refractivity contribution >= 4 is 23.4 Å². The van der Waals surface area contributed by atoms with Crippen molar-refractivity contribution in [1.29, 1.82) is 0 Å². The van der Waals surface area contributed by atoms with Crippen LogP contribution in [0.1, 0.15) is 6.42 Å². The van der Waals surface area contributed by atoms with E-state index in [0.29, 0.717) is 6.42 Å². The van der Waals surface area contributed by atoms with Crippen LogP contribution in [0.25, 0.3) is 0 Å². The smallest absolute Gasteiger partial charge is 0.223 e. The van der Waals surface area contributed by atoms with E-state index >= 15 is 0 Å². The van der Waals surface area contributed by atoms with E-state index in [4.69, 9.17) is 0 Å². The molecule has 1 aromatic heterocycles. The quantitative estimate of drug-likeness (QED) is 0.791. The zero-order valence-corrected chi connectivity index (χ0v) is 13.9. The lowest BCUT2D eigenvalue weighted by molar-refractivity contribution is -0.131. The number of aromatic nitrogens is 1. The average Bonchev–Trinajstić information content (AvgIpc) is 2.63. The zero-order valence-electron chi connectivity index (χ0n) is 13.1. The number of hydrogen-bond acceptors (Lipinski definition) is 4. The van der Waals surface area contributed by atoms with Gasteiger partial charge in [0, 0.05) is 61.3 Å². The molecule has 0 aliphatic carbocycles. The molecule has 1 fully saturated rings. The Hall–Kier alpha value is -2.01. The molecule has 2 heterocycles. The maximum absolute atomic E-state index is 12.3. The van der Waals surface area contributed by atoms with Crippen LogP contribution in [0.15, 0.2) is 59.8 Å². The summed E-state index contributed by atoms with van der Waals surface area (Å²) in [6.07, 6.45) is 4.23. The Morgan fingerprint density at radius 2 is 1.70 bits per heavy atom. The van der Waals surface area contributed by atoms with Crippen LogP contribution in [-0.2, 0) is 4.79 Å². The van der Waals surface area contributed by atoms with Crippen molar-refractivity contribution in [3.05, 3.63) is 54.9 Å². The number of hydrogen-bond donors (Lipinski definition) is 0. The Balaban J connectivity index is 1.41. The first-order valence-electron chi connectivity index (χ1n) is 7.93. The second-order valence-electron chi connectivity index (χ2n) is 5.48. The molecular weight excluding hydrogens is 306 g/mol. The summed E-state index contributed by atoms with van der Waals surface area (Å²) in [6.45, 7) is 3.39. The van der Waals surface area contributed by atoms with Crippen LogP contribution in [0, 0.1) is 0 Å². The normalized spacial score (nSPS) is 14.8. The summed E-state index contributed by atoms with van der Waals surface area (Å²) in [7, 11) is 0. The van der Waals surface area contributed by atoms with E-state index in [0.717, 1.165) is 31.9 Å². The Bertz CT molecular complexity index is 613. The van der Waals surface area contributed by atoms with E-state index in [2.05, 4.69) is 22.0 Å². The highest BCUT2D eigenvalue weighted by Crippen LogP contribution is 2.19. The Labute approximate surface area is 141 Å². The molecule has 3 rings (SSSR count). The van der Waals surface area contributed by atoms with Crippen molar-refractivity contribution in [2.75, 3.05) is 36.8 Å². The number of thioether (sulfide) groups is 1. The van der Waals surface area contributed by atoms with Gasteiger partial charge in [-0.2, -0.15) is 0 Å². The van der Waals surface area contributed by atoms with Crippen LogP contribution < -0.4 is 4.90 Å². The molecule has 0 saturated carbocycles. The van der Waals surface area contributed by atoms with Gasteiger partial charge < -0.3 is 9.80 Å². The van der Waals surface area contributed by atoms with Crippen molar-refractivity contribution in [3.63, 3.8) is 0 Å². The van der Waals surface area contributed by atoms with Gasteiger partial charge in [-0.05, 0) is 24.3 Å². The van der Waals surface area contributed by atoms with Gasteiger partial charge in [-0.1, -0.05) is 18.2 Å². The monoisotopic (exact) mass is 327 g/mol. The maximum Gasteiger partial charge on any atom is 0.223 e. The molecule has 1 amide bonds. The molecule has 5 heteroatoms. The fraction of sp³-hybridized carbons (Fsp3) is 0.333. The minimum absolute atomic E-state index is 0.266. The van der Waals surface area contributed by atoms with Gasteiger partial charge in [-0.25, -0.2) is 0 Å². The summed E-state index contributed by atoms with van der Waals surface area (Å²) in [6, 6.07) is 14.3. The average molecular weight is 327 g/mol. The standard InChI is InChI=1S/C18H21N3OS/c22-18(8-15-23-17-4-2-1-3-5-17)21-13-11-20(12-14-21)16-6-9-19-10-7-16/h1-7,9-10H,8,11-15H2. The fourth-order valence-corrected chi connectivity index (χ4v) is 3.56. The third-order valence-electron chi connectivity index (χ3n) is 3.99. The Kier molecular flexibility index (Phi) is 5.53. The van der Waals surface area contributed by atoms with Crippen LogP contribution >= 0.6 is 11.8 Å². The third-order valence-corrected chi connectivity index (χ3v) is 5.00. The lowest BCUT2D eigenvalue weighted by Gasteiger charge is -2.36. The first-order valence-corrected chi connectivity index (χ1v) is 8.92. The minimum atomic E-state index is 0.266. The number of piperazine rings is 1. The number of anilines is 1. The molecule has 0 spiro atoms. The molecule has 1 aliphatic heterocycles. The maximum atomic E-state index is 12.3. The molecule has 1 saturated heterocycles. The molecule has 1 aromatic carbocycles. The summed E-state index contributed by atoms with van der Waals surface area (Å²) in [5, 5.41) is 0. The van der Waals surface area contributed by atoms with Crippen LogP contribution in [0.5, 0.6) is 0 Å². The number of nitrogens with zero attached hydrogens (tertiary/aromatic N) is 3. The number of rotatable bonds is 5. The molecule has 120 valence electrons. The van der Waals surface area contributed by atoms with Gasteiger partial charge in [0.25, 0.3) is 0 Å². The van der Waals surface area contributed by atoms with Crippen molar-refractivity contribution in [2.45, 2.75) is 11.3 Å². The molecule has 4 nitrogen and oxygen atoms in total. The molecule has 2 aromatic rings. The van der Waals surface area contributed by atoms with Crippen molar-refractivity contribution in [2.24, 2.45) is 0 Å². The fourth-order valence-electron chi connectivity index (χ4n) is 2.70.